The zero-order chi connectivity index (χ0) is 13.7. The first-order valence-corrected chi connectivity index (χ1v) is 7.50. The average Bonchev–Trinajstić information content (AvgIpc) is 2.87. The lowest BCUT2D eigenvalue weighted by atomic mass is 10.1. The Morgan fingerprint density at radius 3 is 2.84 bits per heavy atom. The van der Waals surface area contributed by atoms with Crippen molar-refractivity contribution < 1.29 is 4.74 Å². The van der Waals surface area contributed by atoms with Gasteiger partial charge < -0.3 is 10.1 Å². The fourth-order valence-electron chi connectivity index (χ4n) is 1.90. The van der Waals surface area contributed by atoms with Gasteiger partial charge in [0, 0.05) is 18.0 Å². The van der Waals surface area contributed by atoms with Gasteiger partial charge in [0.2, 0.25) is 0 Å². The minimum Gasteiger partial charge on any atom is -0.489 e. The van der Waals surface area contributed by atoms with Gasteiger partial charge in [-0.05, 0) is 49.4 Å². The first kappa shape index (κ1) is 14.1. The molecule has 1 aromatic carbocycles. The summed E-state index contributed by atoms with van der Waals surface area (Å²) in [4.78, 5) is 1.36. The van der Waals surface area contributed by atoms with Gasteiger partial charge in [0.1, 0.15) is 11.9 Å². The molecule has 1 N–H and O–H groups in total. The van der Waals surface area contributed by atoms with Crippen LogP contribution in [0.3, 0.4) is 0 Å². The lowest BCUT2D eigenvalue weighted by molar-refractivity contribution is 0.215. The maximum atomic E-state index is 5.99. The molecule has 0 fully saturated rings. The van der Waals surface area contributed by atoms with E-state index >= 15 is 0 Å². The largest absolute Gasteiger partial charge is 0.489 e. The molecule has 1 unspecified atom stereocenters. The fourth-order valence-corrected chi connectivity index (χ4v) is 2.58. The number of nitrogens with one attached hydrogen (secondary N) is 1. The van der Waals surface area contributed by atoms with E-state index in [1.165, 1.54) is 16.0 Å². The predicted molar refractivity (Wildman–Crippen MR) is 82.0 cm³/mol. The summed E-state index contributed by atoms with van der Waals surface area (Å²) in [5, 5.41) is 5.53. The van der Waals surface area contributed by atoms with Crippen molar-refractivity contribution >= 4 is 11.3 Å². The summed E-state index contributed by atoms with van der Waals surface area (Å²) >= 11 is 1.78. The summed E-state index contributed by atoms with van der Waals surface area (Å²) in [6.45, 7) is 8.04. The third-order valence-corrected chi connectivity index (χ3v) is 3.86. The van der Waals surface area contributed by atoms with Crippen molar-refractivity contribution in [3.8, 4) is 5.75 Å². The van der Waals surface area contributed by atoms with E-state index in [9.17, 15) is 0 Å². The summed E-state index contributed by atoms with van der Waals surface area (Å²) in [7, 11) is 0. The lowest BCUT2D eigenvalue weighted by Gasteiger charge is -2.17. The van der Waals surface area contributed by atoms with Crippen molar-refractivity contribution in [3.05, 3.63) is 51.7 Å². The Bertz CT molecular complexity index is 507. The molecule has 0 radical (unpaired) electrons. The topological polar surface area (TPSA) is 21.3 Å². The van der Waals surface area contributed by atoms with Gasteiger partial charge in [-0.15, -0.1) is 11.3 Å². The number of hydrogen-bond acceptors (Lipinski definition) is 3. The molecule has 0 amide bonds. The van der Waals surface area contributed by atoms with Crippen LogP contribution in [-0.4, -0.2) is 12.6 Å². The SMILES string of the molecule is Cc1ccc(C)c(OC(C)CNCc2cccs2)c1. The van der Waals surface area contributed by atoms with Crippen LogP contribution in [0.1, 0.15) is 22.9 Å². The molecule has 2 nitrogen and oxygen atoms in total. The third kappa shape index (κ3) is 4.37. The monoisotopic (exact) mass is 275 g/mol. The van der Waals surface area contributed by atoms with E-state index in [1.54, 1.807) is 11.3 Å². The molecule has 19 heavy (non-hydrogen) atoms. The van der Waals surface area contributed by atoms with Crippen molar-refractivity contribution in [1.29, 1.82) is 0 Å². The van der Waals surface area contributed by atoms with Crippen LogP contribution in [0.5, 0.6) is 5.75 Å². The Morgan fingerprint density at radius 2 is 2.11 bits per heavy atom. The van der Waals surface area contributed by atoms with E-state index in [0.717, 1.165) is 18.8 Å². The Kier molecular flexibility index (Phi) is 5.00. The van der Waals surface area contributed by atoms with Crippen molar-refractivity contribution in [2.24, 2.45) is 0 Å². The molecule has 0 aliphatic heterocycles. The third-order valence-electron chi connectivity index (χ3n) is 2.98. The van der Waals surface area contributed by atoms with Crippen molar-refractivity contribution in [1.82, 2.24) is 5.32 Å². The summed E-state index contributed by atoms with van der Waals surface area (Å²) in [5.74, 6) is 0.991. The molecule has 1 aromatic heterocycles. The first-order valence-electron chi connectivity index (χ1n) is 6.62. The van der Waals surface area contributed by atoms with Crippen LogP contribution in [0.15, 0.2) is 35.7 Å². The number of thiophene rings is 1. The van der Waals surface area contributed by atoms with Gasteiger partial charge in [0.15, 0.2) is 0 Å². The molecular weight excluding hydrogens is 254 g/mol. The minimum absolute atomic E-state index is 0.167. The zero-order valence-corrected chi connectivity index (χ0v) is 12.6. The van der Waals surface area contributed by atoms with Crippen LogP contribution in [0, 0.1) is 13.8 Å². The normalized spacial score (nSPS) is 12.4. The molecule has 102 valence electrons. The molecular formula is C16H21NOS. The molecule has 1 heterocycles. The van der Waals surface area contributed by atoms with Gasteiger partial charge in [-0.2, -0.15) is 0 Å². The summed E-state index contributed by atoms with van der Waals surface area (Å²) in [5.41, 5.74) is 2.43. The molecule has 1 atom stereocenters. The van der Waals surface area contributed by atoms with Crippen molar-refractivity contribution in [2.45, 2.75) is 33.4 Å². The van der Waals surface area contributed by atoms with Crippen LogP contribution in [0.25, 0.3) is 0 Å². The van der Waals surface area contributed by atoms with Crippen LogP contribution >= 0.6 is 11.3 Å². The number of aryl methyl sites for hydroxylation is 2. The molecule has 0 aliphatic carbocycles. The quantitative estimate of drug-likeness (QED) is 0.862. The van der Waals surface area contributed by atoms with E-state index in [4.69, 9.17) is 4.74 Å². The van der Waals surface area contributed by atoms with Gasteiger partial charge >= 0.3 is 0 Å². The van der Waals surface area contributed by atoms with E-state index in [-0.39, 0.29) is 6.10 Å². The molecule has 2 aromatic rings. The van der Waals surface area contributed by atoms with Crippen LogP contribution in [0.2, 0.25) is 0 Å². The highest BCUT2D eigenvalue weighted by atomic mass is 32.1. The Balaban J connectivity index is 1.80. The Labute approximate surface area is 119 Å². The lowest BCUT2D eigenvalue weighted by Crippen LogP contribution is -2.28. The second-order valence-corrected chi connectivity index (χ2v) is 5.94. The first-order chi connectivity index (χ1) is 9.15. The predicted octanol–water partition coefficient (Wildman–Crippen LogP) is 3.92. The second kappa shape index (κ2) is 6.73. The molecule has 0 bridgehead atoms. The standard InChI is InChI=1S/C16H21NOS/c1-12-6-7-13(2)16(9-12)18-14(3)10-17-11-15-5-4-8-19-15/h4-9,14,17H,10-11H2,1-3H3. The van der Waals surface area contributed by atoms with Gasteiger partial charge in [-0.25, -0.2) is 0 Å². The minimum atomic E-state index is 0.167. The van der Waals surface area contributed by atoms with Crippen molar-refractivity contribution in [2.75, 3.05) is 6.54 Å². The second-order valence-electron chi connectivity index (χ2n) is 4.91. The highest BCUT2D eigenvalue weighted by Crippen LogP contribution is 2.20. The summed E-state index contributed by atoms with van der Waals surface area (Å²) < 4.78 is 5.99. The van der Waals surface area contributed by atoms with E-state index in [2.05, 4.69) is 61.8 Å². The van der Waals surface area contributed by atoms with Crippen LogP contribution in [-0.2, 0) is 6.54 Å². The van der Waals surface area contributed by atoms with Gasteiger partial charge in [-0.3, -0.25) is 0 Å². The maximum absolute atomic E-state index is 5.99. The highest BCUT2D eigenvalue weighted by molar-refractivity contribution is 7.09. The van der Waals surface area contributed by atoms with Crippen LogP contribution in [0.4, 0.5) is 0 Å². The smallest absolute Gasteiger partial charge is 0.122 e. The number of ether oxygens (including phenoxy) is 1. The molecule has 3 heteroatoms. The maximum Gasteiger partial charge on any atom is 0.122 e. The molecule has 0 aliphatic rings. The van der Waals surface area contributed by atoms with E-state index in [0.29, 0.717) is 0 Å². The van der Waals surface area contributed by atoms with Crippen molar-refractivity contribution in [3.63, 3.8) is 0 Å². The summed E-state index contributed by atoms with van der Waals surface area (Å²) in [6, 6.07) is 10.6. The van der Waals surface area contributed by atoms with E-state index in [1.807, 2.05) is 0 Å². The Morgan fingerprint density at radius 1 is 1.26 bits per heavy atom. The average molecular weight is 275 g/mol. The van der Waals surface area contributed by atoms with Gasteiger partial charge in [-0.1, -0.05) is 18.2 Å². The Hall–Kier alpha value is -1.32. The van der Waals surface area contributed by atoms with Crippen LogP contribution < -0.4 is 10.1 Å². The van der Waals surface area contributed by atoms with Gasteiger partial charge in [0.25, 0.3) is 0 Å². The molecule has 0 spiro atoms. The molecule has 2 rings (SSSR count). The van der Waals surface area contributed by atoms with Gasteiger partial charge in [0.05, 0.1) is 0 Å². The van der Waals surface area contributed by atoms with E-state index < -0.39 is 0 Å². The zero-order valence-electron chi connectivity index (χ0n) is 11.8. The molecule has 0 saturated carbocycles. The summed E-state index contributed by atoms with van der Waals surface area (Å²) in [6.07, 6.45) is 0.167. The highest BCUT2D eigenvalue weighted by Gasteiger charge is 2.06. The number of benzene rings is 1. The number of rotatable bonds is 6. The molecule has 0 saturated heterocycles. The fraction of sp³-hybridized carbons (Fsp3) is 0.375. The number of hydrogen-bond donors (Lipinski definition) is 1.